The Morgan fingerprint density at radius 1 is 1.37 bits per heavy atom. The van der Waals surface area contributed by atoms with Gasteiger partial charge in [0.05, 0.1) is 10.4 Å². The van der Waals surface area contributed by atoms with Gasteiger partial charge in [-0.25, -0.2) is 0 Å². The normalized spacial score (nSPS) is 13.6. The van der Waals surface area contributed by atoms with E-state index in [-0.39, 0.29) is 10.9 Å². The number of nitrogens with two attached hydrogens (primary N) is 1. The maximum absolute atomic E-state index is 12.4. The molecule has 3 nitrogen and oxygen atoms in total. The standard InChI is InChI=1S/C15H22N2OS/c1-4-15(2,13(16)19)14(18)17(3)11-10-12-8-6-5-7-9-12/h5-9H,4,10-11H2,1-3H3,(H2,16,19). The summed E-state index contributed by atoms with van der Waals surface area (Å²) in [5.41, 5.74) is 6.19. The van der Waals surface area contributed by atoms with E-state index in [0.29, 0.717) is 13.0 Å². The van der Waals surface area contributed by atoms with Gasteiger partial charge < -0.3 is 10.6 Å². The van der Waals surface area contributed by atoms with E-state index >= 15 is 0 Å². The summed E-state index contributed by atoms with van der Waals surface area (Å²) in [6.45, 7) is 4.42. The van der Waals surface area contributed by atoms with Crippen LogP contribution >= 0.6 is 12.2 Å². The summed E-state index contributed by atoms with van der Waals surface area (Å²) in [5.74, 6) is -0.00145. The topological polar surface area (TPSA) is 46.3 Å². The van der Waals surface area contributed by atoms with Crippen LogP contribution < -0.4 is 5.73 Å². The molecule has 0 saturated carbocycles. The molecule has 2 N–H and O–H groups in total. The summed E-state index contributed by atoms with van der Waals surface area (Å²) in [4.78, 5) is 14.4. The molecule has 1 aromatic carbocycles. The van der Waals surface area contributed by atoms with Crippen molar-refractivity contribution in [1.29, 1.82) is 0 Å². The molecule has 0 aliphatic rings. The minimum absolute atomic E-state index is 0.00145. The van der Waals surface area contributed by atoms with Crippen LogP contribution in [0.5, 0.6) is 0 Å². The first-order chi connectivity index (χ1) is 8.91. The number of thiocarbonyl (C=S) groups is 1. The molecule has 104 valence electrons. The van der Waals surface area contributed by atoms with Crippen LogP contribution in [0.1, 0.15) is 25.8 Å². The third-order valence-corrected chi connectivity index (χ3v) is 4.10. The van der Waals surface area contributed by atoms with E-state index in [9.17, 15) is 4.79 Å². The van der Waals surface area contributed by atoms with E-state index in [1.807, 2.05) is 32.0 Å². The highest BCUT2D eigenvalue weighted by molar-refractivity contribution is 7.80. The van der Waals surface area contributed by atoms with Crippen LogP contribution in [0.3, 0.4) is 0 Å². The minimum Gasteiger partial charge on any atom is -0.392 e. The van der Waals surface area contributed by atoms with Crippen LogP contribution in [0.25, 0.3) is 0 Å². The van der Waals surface area contributed by atoms with Crippen LogP contribution in [-0.2, 0) is 11.2 Å². The zero-order valence-corrected chi connectivity index (χ0v) is 12.7. The molecule has 0 aliphatic carbocycles. The predicted octanol–water partition coefficient (Wildman–Crippen LogP) is 2.39. The van der Waals surface area contributed by atoms with E-state index in [1.54, 1.807) is 11.9 Å². The van der Waals surface area contributed by atoms with E-state index in [0.717, 1.165) is 6.42 Å². The Morgan fingerprint density at radius 3 is 2.42 bits per heavy atom. The monoisotopic (exact) mass is 278 g/mol. The lowest BCUT2D eigenvalue weighted by molar-refractivity contribution is -0.136. The third-order valence-electron chi connectivity index (χ3n) is 3.65. The lowest BCUT2D eigenvalue weighted by Gasteiger charge is -2.30. The molecule has 19 heavy (non-hydrogen) atoms. The first-order valence-electron chi connectivity index (χ1n) is 6.51. The second-order valence-electron chi connectivity index (χ2n) is 5.01. The van der Waals surface area contributed by atoms with E-state index < -0.39 is 5.41 Å². The molecule has 1 aromatic rings. The van der Waals surface area contributed by atoms with E-state index in [4.69, 9.17) is 18.0 Å². The zero-order valence-electron chi connectivity index (χ0n) is 11.8. The molecule has 0 aromatic heterocycles. The Bertz CT molecular complexity index is 447. The third kappa shape index (κ3) is 3.77. The van der Waals surface area contributed by atoms with Crippen molar-refractivity contribution in [2.75, 3.05) is 13.6 Å². The predicted molar refractivity (Wildman–Crippen MR) is 83.0 cm³/mol. The second-order valence-corrected chi connectivity index (χ2v) is 5.45. The maximum atomic E-state index is 12.4. The van der Waals surface area contributed by atoms with Gasteiger partial charge in [-0.15, -0.1) is 0 Å². The van der Waals surface area contributed by atoms with Gasteiger partial charge in [0, 0.05) is 13.6 Å². The van der Waals surface area contributed by atoms with Crippen molar-refractivity contribution in [3.63, 3.8) is 0 Å². The molecular formula is C15H22N2OS. The zero-order chi connectivity index (χ0) is 14.5. The van der Waals surface area contributed by atoms with Gasteiger partial charge in [0.15, 0.2) is 0 Å². The van der Waals surface area contributed by atoms with E-state index in [2.05, 4.69) is 12.1 Å². The smallest absolute Gasteiger partial charge is 0.235 e. The highest BCUT2D eigenvalue weighted by atomic mass is 32.1. The van der Waals surface area contributed by atoms with Crippen molar-refractivity contribution in [3.8, 4) is 0 Å². The lowest BCUT2D eigenvalue weighted by atomic mass is 9.86. The Kier molecular flexibility index (Phi) is 5.48. The van der Waals surface area contributed by atoms with Crippen LogP contribution in [0.4, 0.5) is 0 Å². The van der Waals surface area contributed by atoms with Gasteiger partial charge in [0.25, 0.3) is 0 Å². The first kappa shape index (κ1) is 15.6. The minimum atomic E-state index is -0.735. The molecule has 0 radical (unpaired) electrons. The van der Waals surface area contributed by atoms with Crippen molar-refractivity contribution < 1.29 is 4.79 Å². The number of rotatable bonds is 6. The Balaban J connectivity index is 2.65. The average Bonchev–Trinajstić information content (AvgIpc) is 2.43. The number of benzene rings is 1. The molecule has 1 amide bonds. The van der Waals surface area contributed by atoms with E-state index in [1.165, 1.54) is 5.56 Å². The van der Waals surface area contributed by atoms with Crippen LogP contribution in [0.15, 0.2) is 30.3 Å². The maximum Gasteiger partial charge on any atom is 0.235 e. The number of likely N-dealkylation sites (N-methyl/N-ethyl adjacent to an activating group) is 1. The average molecular weight is 278 g/mol. The molecular weight excluding hydrogens is 256 g/mol. The van der Waals surface area contributed by atoms with Crippen LogP contribution in [-0.4, -0.2) is 29.4 Å². The highest BCUT2D eigenvalue weighted by Gasteiger charge is 2.36. The van der Waals surface area contributed by atoms with Crippen molar-refractivity contribution in [2.45, 2.75) is 26.7 Å². The van der Waals surface area contributed by atoms with Gasteiger partial charge in [0.1, 0.15) is 0 Å². The van der Waals surface area contributed by atoms with Crippen molar-refractivity contribution in [3.05, 3.63) is 35.9 Å². The molecule has 0 bridgehead atoms. The van der Waals surface area contributed by atoms with Gasteiger partial charge in [-0.1, -0.05) is 49.5 Å². The number of hydrogen-bond donors (Lipinski definition) is 1. The molecule has 0 saturated heterocycles. The van der Waals surface area contributed by atoms with Crippen molar-refractivity contribution in [1.82, 2.24) is 4.90 Å². The van der Waals surface area contributed by atoms with Gasteiger partial charge in [-0.05, 0) is 25.3 Å². The number of nitrogens with zero attached hydrogens (tertiary/aromatic N) is 1. The number of carbonyl (C=O) groups excluding carboxylic acids is 1. The summed E-state index contributed by atoms with van der Waals surface area (Å²) < 4.78 is 0. The quantitative estimate of drug-likeness (QED) is 0.813. The molecule has 0 aliphatic heterocycles. The molecule has 1 atom stereocenters. The molecule has 0 fully saturated rings. The second kappa shape index (κ2) is 6.66. The summed E-state index contributed by atoms with van der Waals surface area (Å²) in [5, 5.41) is 0. The Hall–Kier alpha value is -1.42. The summed E-state index contributed by atoms with van der Waals surface area (Å²) >= 11 is 5.03. The van der Waals surface area contributed by atoms with Crippen LogP contribution in [0.2, 0.25) is 0 Å². The number of carbonyl (C=O) groups is 1. The molecule has 4 heteroatoms. The molecule has 0 spiro atoms. The first-order valence-corrected chi connectivity index (χ1v) is 6.92. The van der Waals surface area contributed by atoms with Gasteiger partial charge >= 0.3 is 0 Å². The Morgan fingerprint density at radius 2 is 1.95 bits per heavy atom. The fourth-order valence-electron chi connectivity index (χ4n) is 1.90. The van der Waals surface area contributed by atoms with Gasteiger partial charge in [-0.2, -0.15) is 0 Å². The van der Waals surface area contributed by atoms with Gasteiger partial charge in [-0.3, -0.25) is 4.79 Å². The summed E-state index contributed by atoms with van der Waals surface area (Å²) in [6, 6.07) is 10.1. The molecule has 0 heterocycles. The SMILES string of the molecule is CCC(C)(C(=O)N(C)CCc1ccccc1)C(N)=S. The molecule has 1 rings (SSSR count). The lowest BCUT2D eigenvalue weighted by Crippen LogP contribution is -2.47. The van der Waals surface area contributed by atoms with Crippen molar-refractivity contribution in [2.24, 2.45) is 11.1 Å². The van der Waals surface area contributed by atoms with Crippen LogP contribution in [0, 0.1) is 5.41 Å². The van der Waals surface area contributed by atoms with Gasteiger partial charge in [0.2, 0.25) is 5.91 Å². The number of hydrogen-bond acceptors (Lipinski definition) is 2. The largest absolute Gasteiger partial charge is 0.392 e. The highest BCUT2D eigenvalue weighted by Crippen LogP contribution is 2.24. The Labute approximate surface area is 120 Å². The fourth-order valence-corrected chi connectivity index (χ4v) is 2.13. The number of amides is 1. The summed E-state index contributed by atoms with van der Waals surface area (Å²) in [7, 11) is 1.80. The summed E-state index contributed by atoms with van der Waals surface area (Å²) in [6.07, 6.45) is 1.46. The fraction of sp³-hybridized carbons (Fsp3) is 0.467. The molecule has 1 unspecified atom stereocenters. The van der Waals surface area contributed by atoms with Crippen molar-refractivity contribution >= 4 is 23.1 Å².